The predicted octanol–water partition coefficient (Wildman–Crippen LogP) is 2.12. The van der Waals surface area contributed by atoms with Crippen LogP contribution in [-0.2, 0) is 11.3 Å². The number of nitrogens with one attached hydrogen (secondary N) is 2. The van der Waals surface area contributed by atoms with Crippen molar-refractivity contribution in [3.05, 3.63) is 29.8 Å². The second kappa shape index (κ2) is 9.64. The van der Waals surface area contributed by atoms with Crippen molar-refractivity contribution in [3.8, 4) is 5.75 Å². The number of methoxy groups -OCH3 is 1. The lowest BCUT2D eigenvalue weighted by Gasteiger charge is -2.13. The zero-order valence-corrected chi connectivity index (χ0v) is 12.5. The Bertz CT molecular complexity index is 368. The van der Waals surface area contributed by atoms with Gasteiger partial charge in [-0.25, -0.2) is 0 Å². The molecule has 0 spiro atoms. The van der Waals surface area contributed by atoms with Gasteiger partial charge in [0, 0.05) is 6.54 Å². The summed E-state index contributed by atoms with van der Waals surface area (Å²) in [5.41, 5.74) is 1.06. The van der Waals surface area contributed by atoms with Crippen molar-refractivity contribution < 1.29 is 9.53 Å². The molecule has 5 heteroatoms. The number of halogens is 1. The molecule has 0 fully saturated rings. The van der Waals surface area contributed by atoms with E-state index in [0.29, 0.717) is 6.54 Å². The zero-order valence-electron chi connectivity index (χ0n) is 11.7. The smallest absolute Gasteiger partial charge is 0.237 e. The molecule has 1 aromatic rings. The molecule has 0 aliphatic heterocycles. The second-order valence-electron chi connectivity index (χ2n) is 4.24. The topological polar surface area (TPSA) is 50.4 Å². The lowest BCUT2D eigenvalue weighted by molar-refractivity contribution is -0.122. The maximum absolute atomic E-state index is 11.7. The molecular formula is C14H23ClN2O2. The number of carbonyl (C=O) groups is 1. The van der Waals surface area contributed by atoms with Crippen LogP contribution in [0.2, 0.25) is 0 Å². The highest BCUT2D eigenvalue weighted by Gasteiger charge is 2.10. The minimum absolute atomic E-state index is 0. The van der Waals surface area contributed by atoms with Crippen LogP contribution in [0.15, 0.2) is 24.3 Å². The highest BCUT2D eigenvalue weighted by molar-refractivity contribution is 5.85. The van der Waals surface area contributed by atoms with Gasteiger partial charge in [0.15, 0.2) is 0 Å². The third-order valence-electron chi connectivity index (χ3n) is 2.72. The van der Waals surface area contributed by atoms with E-state index in [0.717, 1.165) is 24.3 Å². The van der Waals surface area contributed by atoms with Crippen LogP contribution in [0, 0.1) is 0 Å². The molecule has 0 aliphatic rings. The third kappa shape index (κ3) is 6.45. The van der Waals surface area contributed by atoms with E-state index in [1.165, 1.54) is 0 Å². The van der Waals surface area contributed by atoms with Crippen LogP contribution in [0.1, 0.15) is 25.8 Å². The molecule has 0 aromatic heterocycles. The number of hydrogen-bond acceptors (Lipinski definition) is 3. The Morgan fingerprint density at radius 2 is 1.95 bits per heavy atom. The summed E-state index contributed by atoms with van der Waals surface area (Å²) >= 11 is 0. The van der Waals surface area contributed by atoms with E-state index in [9.17, 15) is 4.79 Å². The monoisotopic (exact) mass is 286 g/mol. The summed E-state index contributed by atoms with van der Waals surface area (Å²) in [5, 5.41) is 6.06. The number of ether oxygens (including phenoxy) is 1. The molecule has 0 heterocycles. The first-order valence-electron chi connectivity index (χ1n) is 6.31. The van der Waals surface area contributed by atoms with E-state index in [-0.39, 0.29) is 24.4 Å². The SMILES string of the molecule is CCCNC(C)C(=O)NCc1ccc(OC)cc1.Cl. The van der Waals surface area contributed by atoms with Crippen molar-refractivity contribution in [2.24, 2.45) is 0 Å². The first kappa shape index (κ1) is 17.7. The Morgan fingerprint density at radius 3 is 2.47 bits per heavy atom. The summed E-state index contributed by atoms with van der Waals surface area (Å²) in [6.45, 7) is 5.35. The van der Waals surface area contributed by atoms with Crippen LogP contribution in [0.5, 0.6) is 5.75 Å². The predicted molar refractivity (Wildman–Crippen MR) is 79.8 cm³/mol. The Kier molecular flexibility index (Phi) is 9.00. The fourth-order valence-corrected chi connectivity index (χ4v) is 1.54. The van der Waals surface area contributed by atoms with Gasteiger partial charge >= 0.3 is 0 Å². The van der Waals surface area contributed by atoms with Crippen LogP contribution < -0.4 is 15.4 Å². The molecule has 2 N–H and O–H groups in total. The number of amides is 1. The first-order valence-corrected chi connectivity index (χ1v) is 6.31. The van der Waals surface area contributed by atoms with Gasteiger partial charge in [-0.15, -0.1) is 12.4 Å². The van der Waals surface area contributed by atoms with E-state index in [1.54, 1.807) is 7.11 Å². The van der Waals surface area contributed by atoms with E-state index < -0.39 is 0 Å². The second-order valence-corrected chi connectivity index (χ2v) is 4.24. The third-order valence-corrected chi connectivity index (χ3v) is 2.72. The van der Waals surface area contributed by atoms with E-state index in [2.05, 4.69) is 17.6 Å². The van der Waals surface area contributed by atoms with Gasteiger partial charge in [0.05, 0.1) is 13.2 Å². The van der Waals surface area contributed by atoms with Crippen molar-refractivity contribution in [1.29, 1.82) is 0 Å². The molecule has 1 unspecified atom stereocenters. The van der Waals surface area contributed by atoms with Crippen LogP contribution in [0.3, 0.4) is 0 Å². The minimum atomic E-state index is -0.150. The van der Waals surface area contributed by atoms with Crippen molar-refractivity contribution in [2.75, 3.05) is 13.7 Å². The molecule has 1 aromatic carbocycles. The van der Waals surface area contributed by atoms with Crippen LogP contribution in [-0.4, -0.2) is 25.6 Å². The van der Waals surface area contributed by atoms with Gasteiger partial charge in [-0.2, -0.15) is 0 Å². The Hall–Kier alpha value is -1.26. The number of rotatable bonds is 7. The van der Waals surface area contributed by atoms with Crippen molar-refractivity contribution >= 4 is 18.3 Å². The molecule has 0 bridgehead atoms. The minimum Gasteiger partial charge on any atom is -0.497 e. The molecule has 0 saturated carbocycles. The Labute approximate surface area is 121 Å². The maximum Gasteiger partial charge on any atom is 0.237 e. The summed E-state index contributed by atoms with van der Waals surface area (Å²) in [6.07, 6.45) is 1.02. The van der Waals surface area contributed by atoms with Gasteiger partial charge in [0.2, 0.25) is 5.91 Å². The summed E-state index contributed by atoms with van der Waals surface area (Å²) in [7, 11) is 1.64. The average Bonchev–Trinajstić information content (AvgIpc) is 2.42. The highest BCUT2D eigenvalue weighted by atomic mass is 35.5. The molecule has 1 rings (SSSR count). The van der Waals surface area contributed by atoms with E-state index in [1.807, 2.05) is 31.2 Å². The molecule has 0 saturated heterocycles. The van der Waals surface area contributed by atoms with Crippen LogP contribution >= 0.6 is 12.4 Å². The van der Waals surface area contributed by atoms with Crippen molar-refractivity contribution in [2.45, 2.75) is 32.9 Å². The van der Waals surface area contributed by atoms with E-state index >= 15 is 0 Å². The van der Waals surface area contributed by atoms with Crippen molar-refractivity contribution in [3.63, 3.8) is 0 Å². The van der Waals surface area contributed by atoms with Gasteiger partial charge < -0.3 is 15.4 Å². The molecule has 1 atom stereocenters. The largest absolute Gasteiger partial charge is 0.497 e. The number of benzene rings is 1. The van der Waals surface area contributed by atoms with Gasteiger partial charge in [-0.3, -0.25) is 4.79 Å². The molecule has 0 radical (unpaired) electrons. The first-order chi connectivity index (χ1) is 8.67. The lowest BCUT2D eigenvalue weighted by Crippen LogP contribution is -2.42. The van der Waals surface area contributed by atoms with Gasteiger partial charge in [-0.05, 0) is 37.6 Å². The molecule has 108 valence electrons. The summed E-state index contributed by atoms with van der Waals surface area (Å²) in [6, 6.07) is 7.52. The average molecular weight is 287 g/mol. The van der Waals surface area contributed by atoms with E-state index in [4.69, 9.17) is 4.74 Å². The van der Waals surface area contributed by atoms with Gasteiger partial charge in [0.25, 0.3) is 0 Å². The molecule has 1 amide bonds. The van der Waals surface area contributed by atoms with Gasteiger partial charge in [-0.1, -0.05) is 19.1 Å². The Balaban J connectivity index is 0.00000324. The van der Waals surface area contributed by atoms with Gasteiger partial charge in [0.1, 0.15) is 5.75 Å². The van der Waals surface area contributed by atoms with Crippen LogP contribution in [0.4, 0.5) is 0 Å². The lowest BCUT2D eigenvalue weighted by atomic mass is 10.2. The molecule has 0 aliphatic carbocycles. The molecule has 4 nitrogen and oxygen atoms in total. The van der Waals surface area contributed by atoms with Crippen molar-refractivity contribution in [1.82, 2.24) is 10.6 Å². The maximum atomic E-state index is 11.7. The van der Waals surface area contributed by atoms with Crippen LogP contribution in [0.25, 0.3) is 0 Å². The summed E-state index contributed by atoms with van der Waals surface area (Å²) in [5.74, 6) is 0.849. The quantitative estimate of drug-likeness (QED) is 0.807. The molecule has 19 heavy (non-hydrogen) atoms. The standard InChI is InChI=1S/C14H22N2O2.ClH/c1-4-9-15-11(2)14(17)16-10-12-5-7-13(18-3)8-6-12;/h5-8,11,15H,4,9-10H2,1-3H3,(H,16,17);1H. The zero-order chi connectivity index (χ0) is 13.4. The normalized spacial score (nSPS) is 11.3. The highest BCUT2D eigenvalue weighted by Crippen LogP contribution is 2.10. The fraction of sp³-hybridized carbons (Fsp3) is 0.500. The number of carbonyl (C=O) groups excluding carboxylic acids is 1. The summed E-state index contributed by atoms with van der Waals surface area (Å²) < 4.78 is 5.08. The number of hydrogen-bond donors (Lipinski definition) is 2. The Morgan fingerprint density at radius 1 is 1.32 bits per heavy atom. The fourth-order valence-electron chi connectivity index (χ4n) is 1.54. The molecular weight excluding hydrogens is 264 g/mol. The summed E-state index contributed by atoms with van der Waals surface area (Å²) in [4.78, 5) is 11.7.